The number of fused-ring (bicyclic) bond motifs is 1. The molecule has 1 amide bonds. The molecule has 0 radical (unpaired) electrons. The van der Waals surface area contributed by atoms with Crippen molar-refractivity contribution in [2.75, 3.05) is 40.4 Å². The van der Waals surface area contributed by atoms with Crippen molar-refractivity contribution in [3.63, 3.8) is 0 Å². The first-order valence-corrected chi connectivity index (χ1v) is 13.4. The minimum atomic E-state index is -0.119. The number of methoxy groups -OCH3 is 2. The van der Waals surface area contributed by atoms with Gasteiger partial charge in [0.05, 0.1) is 14.2 Å². The summed E-state index contributed by atoms with van der Waals surface area (Å²) in [5.74, 6) is 1.52. The van der Waals surface area contributed by atoms with Gasteiger partial charge in [-0.25, -0.2) is 0 Å². The van der Waals surface area contributed by atoms with Crippen molar-refractivity contribution in [1.29, 1.82) is 0 Å². The van der Waals surface area contributed by atoms with Crippen LogP contribution in [0.2, 0.25) is 0 Å². The second-order valence-corrected chi connectivity index (χ2v) is 9.93. The Bertz CT molecular complexity index is 1350. The van der Waals surface area contributed by atoms with Crippen molar-refractivity contribution in [1.82, 2.24) is 14.4 Å². The number of aryl methyl sites for hydroxylation is 1. The molecule has 0 saturated carbocycles. The van der Waals surface area contributed by atoms with Gasteiger partial charge in [-0.2, -0.15) is 0 Å². The molecular formula is C32H37N3O3. The number of para-hydroxylation sites is 1. The molecule has 198 valence electrons. The van der Waals surface area contributed by atoms with E-state index in [-0.39, 0.29) is 11.8 Å². The van der Waals surface area contributed by atoms with E-state index < -0.39 is 0 Å². The number of hydrogen-bond acceptors (Lipinski definition) is 4. The summed E-state index contributed by atoms with van der Waals surface area (Å²) >= 11 is 0. The third-order valence-electron chi connectivity index (χ3n) is 7.66. The van der Waals surface area contributed by atoms with E-state index in [1.54, 1.807) is 14.2 Å². The fourth-order valence-electron chi connectivity index (χ4n) is 5.55. The summed E-state index contributed by atoms with van der Waals surface area (Å²) < 4.78 is 13.5. The van der Waals surface area contributed by atoms with Gasteiger partial charge in [0.1, 0.15) is 11.5 Å². The highest BCUT2D eigenvalue weighted by Gasteiger charge is 2.28. The van der Waals surface area contributed by atoms with E-state index in [1.165, 1.54) is 16.5 Å². The molecule has 5 rings (SSSR count). The van der Waals surface area contributed by atoms with Crippen LogP contribution in [0.5, 0.6) is 11.5 Å². The molecule has 1 aromatic heterocycles. The molecule has 0 spiro atoms. The molecule has 6 heteroatoms. The first-order valence-electron chi connectivity index (χ1n) is 13.4. The highest BCUT2D eigenvalue weighted by Crippen LogP contribution is 2.38. The molecule has 6 nitrogen and oxygen atoms in total. The van der Waals surface area contributed by atoms with Gasteiger partial charge in [0.15, 0.2) is 0 Å². The Hall–Kier alpha value is -3.77. The minimum Gasteiger partial charge on any atom is -0.497 e. The molecule has 1 aliphatic rings. The highest BCUT2D eigenvalue weighted by atomic mass is 16.5. The van der Waals surface area contributed by atoms with Crippen molar-refractivity contribution in [2.24, 2.45) is 0 Å². The van der Waals surface area contributed by atoms with Crippen molar-refractivity contribution < 1.29 is 14.3 Å². The molecule has 4 aromatic rings. The standard InChI is InChI=1S/C32H37N3O3/c1-4-34-23-30(28-12-8-9-13-31(28)34)29(25-18-26(37-2)20-27(19-25)38-3)21-32(36)35-16-14-33(15-17-35)22-24-10-6-5-7-11-24/h5-13,18-20,23,29H,4,14-17,21-22H2,1-3H3. The van der Waals surface area contributed by atoms with Gasteiger partial charge in [-0.05, 0) is 41.8 Å². The summed E-state index contributed by atoms with van der Waals surface area (Å²) in [6.45, 7) is 7.20. The minimum absolute atomic E-state index is 0.119. The Kier molecular flexibility index (Phi) is 7.99. The van der Waals surface area contributed by atoms with Gasteiger partial charge in [0.2, 0.25) is 5.91 Å². The maximum Gasteiger partial charge on any atom is 0.223 e. The van der Waals surface area contributed by atoms with Crippen LogP contribution in [-0.4, -0.2) is 60.7 Å². The average molecular weight is 512 g/mol. The number of amides is 1. The van der Waals surface area contributed by atoms with Gasteiger partial charge in [-0.15, -0.1) is 0 Å². The lowest BCUT2D eigenvalue weighted by molar-refractivity contribution is -0.133. The van der Waals surface area contributed by atoms with Crippen LogP contribution in [0.1, 0.15) is 36.0 Å². The van der Waals surface area contributed by atoms with Crippen LogP contribution in [0, 0.1) is 0 Å². The predicted octanol–water partition coefficient (Wildman–Crippen LogP) is 5.54. The molecule has 0 bridgehead atoms. The van der Waals surface area contributed by atoms with E-state index in [4.69, 9.17) is 9.47 Å². The number of hydrogen-bond donors (Lipinski definition) is 0. The lowest BCUT2D eigenvalue weighted by atomic mass is 9.87. The number of carbonyl (C=O) groups excluding carboxylic acids is 1. The SMILES string of the molecule is CCn1cc(C(CC(=O)N2CCN(Cc3ccccc3)CC2)c2cc(OC)cc(OC)c2)c2ccccc21. The van der Waals surface area contributed by atoms with Gasteiger partial charge in [-0.3, -0.25) is 9.69 Å². The zero-order valence-electron chi connectivity index (χ0n) is 22.6. The van der Waals surface area contributed by atoms with E-state index in [1.807, 2.05) is 29.2 Å². The molecule has 1 aliphatic heterocycles. The van der Waals surface area contributed by atoms with Crippen LogP contribution in [0.25, 0.3) is 10.9 Å². The maximum absolute atomic E-state index is 13.8. The van der Waals surface area contributed by atoms with Gasteiger partial charge in [0, 0.05) is 74.8 Å². The number of carbonyl (C=O) groups is 1. The summed E-state index contributed by atoms with van der Waals surface area (Å²) in [5, 5.41) is 1.18. The van der Waals surface area contributed by atoms with Crippen LogP contribution in [0.15, 0.2) is 79.0 Å². The van der Waals surface area contributed by atoms with Crippen molar-refractivity contribution in [3.05, 3.63) is 95.7 Å². The summed E-state index contributed by atoms with van der Waals surface area (Å²) in [6.07, 6.45) is 2.61. The van der Waals surface area contributed by atoms with E-state index in [0.29, 0.717) is 6.42 Å². The van der Waals surface area contributed by atoms with Gasteiger partial charge in [0.25, 0.3) is 0 Å². The van der Waals surface area contributed by atoms with Crippen molar-refractivity contribution in [3.8, 4) is 11.5 Å². The Morgan fingerprint density at radius 3 is 2.18 bits per heavy atom. The fourth-order valence-corrected chi connectivity index (χ4v) is 5.55. The topological polar surface area (TPSA) is 46.9 Å². The second-order valence-electron chi connectivity index (χ2n) is 9.93. The van der Waals surface area contributed by atoms with E-state index in [0.717, 1.165) is 61.9 Å². The molecule has 1 unspecified atom stereocenters. The first kappa shape index (κ1) is 25.9. The number of benzene rings is 3. The lowest BCUT2D eigenvalue weighted by Crippen LogP contribution is -2.48. The number of aromatic nitrogens is 1. The molecule has 1 fully saturated rings. The summed E-state index contributed by atoms with van der Waals surface area (Å²) in [5.41, 5.74) is 4.68. The van der Waals surface area contributed by atoms with Crippen molar-refractivity contribution in [2.45, 2.75) is 32.4 Å². The summed E-state index contributed by atoms with van der Waals surface area (Å²) in [6, 6.07) is 25.0. The number of ether oxygens (including phenoxy) is 2. The molecule has 1 atom stereocenters. The van der Waals surface area contributed by atoms with Gasteiger partial charge in [-0.1, -0.05) is 48.5 Å². The van der Waals surface area contributed by atoms with Crippen LogP contribution < -0.4 is 9.47 Å². The van der Waals surface area contributed by atoms with E-state index >= 15 is 0 Å². The van der Waals surface area contributed by atoms with E-state index in [9.17, 15) is 4.79 Å². The first-order chi connectivity index (χ1) is 18.6. The van der Waals surface area contributed by atoms with Gasteiger partial charge >= 0.3 is 0 Å². The third-order valence-corrected chi connectivity index (χ3v) is 7.66. The smallest absolute Gasteiger partial charge is 0.223 e. The highest BCUT2D eigenvalue weighted by molar-refractivity contribution is 5.87. The molecule has 3 aromatic carbocycles. The zero-order chi connectivity index (χ0) is 26.5. The van der Waals surface area contributed by atoms with E-state index in [2.05, 4.69) is 71.1 Å². The predicted molar refractivity (Wildman–Crippen MR) is 152 cm³/mol. The molecule has 0 aliphatic carbocycles. The van der Waals surface area contributed by atoms with Crippen LogP contribution >= 0.6 is 0 Å². The summed E-state index contributed by atoms with van der Waals surface area (Å²) in [7, 11) is 3.33. The largest absolute Gasteiger partial charge is 0.497 e. The van der Waals surface area contributed by atoms with Crippen LogP contribution in [0.4, 0.5) is 0 Å². The number of nitrogens with zero attached hydrogens (tertiary/aromatic N) is 3. The Balaban J connectivity index is 1.41. The molecule has 38 heavy (non-hydrogen) atoms. The second kappa shape index (κ2) is 11.7. The Morgan fingerprint density at radius 1 is 0.868 bits per heavy atom. The lowest BCUT2D eigenvalue weighted by Gasteiger charge is -2.35. The number of piperazine rings is 1. The Morgan fingerprint density at radius 2 is 1.53 bits per heavy atom. The molecule has 2 heterocycles. The summed E-state index contributed by atoms with van der Waals surface area (Å²) in [4.78, 5) is 18.2. The van der Waals surface area contributed by atoms with Crippen LogP contribution in [-0.2, 0) is 17.9 Å². The van der Waals surface area contributed by atoms with Crippen LogP contribution in [0.3, 0.4) is 0 Å². The molecule has 0 N–H and O–H groups in total. The molecular weight excluding hydrogens is 474 g/mol. The quantitative estimate of drug-likeness (QED) is 0.296. The third kappa shape index (κ3) is 5.55. The van der Waals surface area contributed by atoms with Crippen molar-refractivity contribution >= 4 is 16.8 Å². The average Bonchev–Trinajstić information content (AvgIpc) is 3.35. The zero-order valence-corrected chi connectivity index (χ0v) is 22.6. The molecule has 1 saturated heterocycles. The van der Waals surface area contributed by atoms with Gasteiger partial charge < -0.3 is 18.9 Å². The monoisotopic (exact) mass is 511 g/mol. The normalized spacial score (nSPS) is 15.0. The Labute approximate surface area is 225 Å². The fraction of sp³-hybridized carbons (Fsp3) is 0.344. The number of rotatable bonds is 9. The maximum atomic E-state index is 13.8.